The highest BCUT2D eigenvalue weighted by Gasteiger charge is 2.12. The number of hydrogen-bond acceptors (Lipinski definition) is 3. The minimum Gasteiger partial charge on any atom is -0.380 e. The normalized spacial score (nSPS) is 11.5. The summed E-state index contributed by atoms with van der Waals surface area (Å²) in [6.45, 7) is 3.95. The van der Waals surface area contributed by atoms with E-state index >= 15 is 0 Å². The third-order valence-corrected chi connectivity index (χ3v) is 3.89. The minimum absolute atomic E-state index is 0.182. The molecule has 0 unspecified atom stereocenters. The predicted molar refractivity (Wildman–Crippen MR) is 96.0 cm³/mol. The number of nitrogens with two attached hydrogens (primary N) is 1. The largest absolute Gasteiger partial charge is 0.380 e. The second-order valence-corrected chi connectivity index (χ2v) is 5.70. The van der Waals surface area contributed by atoms with Crippen molar-refractivity contribution >= 4 is 22.6 Å². The van der Waals surface area contributed by atoms with Crippen molar-refractivity contribution in [3.8, 4) is 0 Å². The molecule has 120 valence electrons. The fraction of sp³-hybridized carbons (Fsp3) is 0.100. The highest BCUT2D eigenvalue weighted by Crippen LogP contribution is 2.19. The Hall–Kier alpha value is -3.14. The molecule has 3 rings (SSSR count). The van der Waals surface area contributed by atoms with Crippen molar-refractivity contribution in [2.45, 2.75) is 13.8 Å². The van der Waals surface area contributed by atoms with Gasteiger partial charge in [0.05, 0.1) is 5.56 Å². The van der Waals surface area contributed by atoms with Crippen LogP contribution >= 0.6 is 0 Å². The number of aryl methyl sites for hydroxylation is 2. The van der Waals surface area contributed by atoms with E-state index in [1.807, 2.05) is 68.4 Å². The molecule has 0 heterocycles. The second kappa shape index (κ2) is 6.54. The van der Waals surface area contributed by atoms with Gasteiger partial charge in [0.2, 0.25) is 0 Å². The standard InChI is InChI=1S/C20H18N2O2/c1-13-10-11-16(14(2)12-13)19(21)22-24-20(23)18-9-5-7-15-6-3-4-8-17(15)18/h3-12H,1-2H3,(H2,21,22). The molecule has 0 fully saturated rings. The van der Waals surface area contributed by atoms with E-state index in [0.717, 1.165) is 27.5 Å². The highest BCUT2D eigenvalue weighted by atomic mass is 16.7. The molecule has 0 aliphatic carbocycles. The Morgan fingerprint density at radius 3 is 2.50 bits per heavy atom. The first-order chi connectivity index (χ1) is 11.6. The number of amidine groups is 1. The summed E-state index contributed by atoms with van der Waals surface area (Å²) < 4.78 is 0. The van der Waals surface area contributed by atoms with E-state index < -0.39 is 5.97 Å². The van der Waals surface area contributed by atoms with E-state index in [9.17, 15) is 4.79 Å². The first-order valence-corrected chi connectivity index (χ1v) is 7.66. The van der Waals surface area contributed by atoms with Crippen molar-refractivity contribution in [2.75, 3.05) is 0 Å². The van der Waals surface area contributed by atoms with Gasteiger partial charge in [0.1, 0.15) is 0 Å². The van der Waals surface area contributed by atoms with Crippen molar-refractivity contribution in [1.82, 2.24) is 0 Å². The lowest BCUT2D eigenvalue weighted by Gasteiger charge is -2.07. The van der Waals surface area contributed by atoms with Crippen LogP contribution in [0.4, 0.5) is 0 Å². The van der Waals surface area contributed by atoms with Crippen LogP contribution in [0.2, 0.25) is 0 Å². The number of oxime groups is 1. The highest BCUT2D eigenvalue weighted by molar-refractivity contribution is 6.05. The molecular weight excluding hydrogens is 300 g/mol. The molecule has 0 aromatic heterocycles. The number of carbonyl (C=O) groups excluding carboxylic acids is 1. The fourth-order valence-corrected chi connectivity index (χ4v) is 2.69. The lowest BCUT2D eigenvalue weighted by Crippen LogP contribution is -2.16. The van der Waals surface area contributed by atoms with Crippen molar-refractivity contribution in [1.29, 1.82) is 0 Å². The third-order valence-electron chi connectivity index (χ3n) is 3.89. The van der Waals surface area contributed by atoms with Crippen LogP contribution in [0.3, 0.4) is 0 Å². The maximum Gasteiger partial charge on any atom is 0.366 e. The van der Waals surface area contributed by atoms with Gasteiger partial charge >= 0.3 is 5.97 Å². The summed E-state index contributed by atoms with van der Waals surface area (Å²) in [5.74, 6) is -0.347. The van der Waals surface area contributed by atoms with E-state index in [1.54, 1.807) is 6.07 Å². The van der Waals surface area contributed by atoms with Gasteiger partial charge in [-0.2, -0.15) is 0 Å². The van der Waals surface area contributed by atoms with E-state index in [0.29, 0.717) is 5.56 Å². The zero-order valence-corrected chi connectivity index (χ0v) is 13.6. The molecule has 24 heavy (non-hydrogen) atoms. The summed E-state index contributed by atoms with van der Waals surface area (Å²) in [5.41, 5.74) is 9.30. The zero-order chi connectivity index (χ0) is 17.1. The van der Waals surface area contributed by atoms with Crippen molar-refractivity contribution in [3.05, 3.63) is 82.9 Å². The topological polar surface area (TPSA) is 64.7 Å². The summed E-state index contributed by atoms with van der Waals surface area (Å²) in [6.07, 6.45) is 0. The number of rotatable bonds is 3. The number of hydrogen-bond donors (Lipinski definition) is 1. The quantitative estimate of drug-likeness (QED) is 0.344. The molecule has 4 heteroatoms. The molecular formula is C20H18N2O2. The molecule has 0 radical (unpaired) electrons. The zero-order valence-electron chi connectivity index (χ0n) is 13.6. The van der Waals surface area contributed by atoms with Gasteiger partial charge in [-0.25, -0.2) is 4.79 Å². The van der Waals surface area contributed by atoms with Crippen LogP contribution in [0.5, 0.6) is 0 Å². The molecule has 0 saturated heterocycles. The van der Waals surface area contributed by atoms with E-state index in [1.165, 1.54) is 0 Å². The summed E-state index contributed by atoms with van der Waals surface area (Å²) in [4.78, 5) is 17.4. The molecule has 0 bridgehead atoms. The summed E-state index contributed by atoms with van der Waals surface area (Å²) >= 11 is 0. The van der Waals surface area contributed by atoms with Crippen molar-refractivity contribution in [2.24, 2.45) is 10.9 Å². The molecule has 0 amide bonds. The predicted octanol–water partition coefficient (Wildman–Crippen LogP) is 3.93. The molecule has 3 aromatic carbocycles. The Bertz CT molecular complexity index is 940. The van der Waals surface area contributed by atoms with Crippen LogP contribution in [0.15, 0.2) is 65.8 Å². The van der Waals surface area contributed by atoms with Gasteiger partial charge in [0.15, 0.2) is 5.84 Å². The van der Waals surface area contributed by atoms with Crippen molar-refractivity contribution < 1.29 is 9.63 Å². The van der Waals surface area contributed by atoms with Gasteiger partial charge in [-0.05, 0) is 36.2 Å². The minimum atomic E-state index is -0.528. The molecule has 0 aliphatic rings. The number of fused-ring (bicyclic) bond motifs is 1. The van der Waals surface area contributed by atoms with E-state index in [4.69, 9.17) is 10.6 Å². The Labute approximate surface area is 140 Å². The lowest BCUT2D eigenvalue weighted by molar-refractivity contribution is 0.0518. The van der Waals surface area contributed by atoms with Crippen LogP contribution in [-0.2, 0) is 4.84 Å². The average molecular weight is 318 g/mol. The van der Waals surface area contributed by atoms with E-state index in [2.05, 4.69) is 5.16 Å². The van der Waals surface area contributed by atoms with Crippen molar-refractivity contribution in [3.63, 3.8) is 0 Å². The Balaban J connectivity index is 1.86. The molecule has 0 saturated carbocycles. The molecule has 2 N–H and O–H groups in total. The second-order valence-electron chi connectivity index (χ2n) is 5.70. The first kappa shape index (κ1) is 15.7. The van der Waals surface area contributed by atoms with Crippen LogP contribution in [0.25, 0.3) is 10.8 Å². The Kier molecular flexibility index (Phi) is 4.29. The number of nitrogens with zero attached hydrogens (tertiary/aromatic N) is 1. The lowest BCUT2D eigenvalue weighted by atomic mass is 10.1. The van der Waals surface area contributed by atoms with Crippen LogP contribution in [-0.4, -0.2) is 11.8 Å². The SMILES string of the molecule is Cc1ccc(/C(N)=N\OC(=O)c2cccc3ccccc23)c(C)c1. The Morgan fingerprint density at radius 2 is 1.71 bits per heavy atom. The maximum absolute atomic E-state index is 12.3. The van der Waals surface area contributed by atoms with Crippen LogP contribution in [0.1, 0.15) is 27.0 Å². The smallest absolute Gasteiger partial charge is 0.366 e. The maximum atomic E-state index is 12.3. The van der Waals surface area contributed by atoms with Gasteiger partial charge in [0, 0.05) is 5.56 Å². The summed E-state index contributed by atoms with van der Waals surface area (Å²) in [6, 6.07) is 18.9. The molecule has 0 spiro atoms. The average Bonchev–Trinajstić information content (AvgIpc) is 2.59. The third kappa shape index (κ3) is 3.13. The van der Waals surface area contributed by atoms with Gasteiger partial charge in [0.25, 0.3) is 0 Å². The number of carbonyl (C=O) groups is 1. The van der Waals surface area contributed by atoms with Crippen LogP contribution in [0, 0.1) is 13.8 Å². The van der Waals surface area contributed by atoms with Crippen LogP contribution < -0.4 is 5.73 Å². The molecule has 4 nitrogen and oxygen atoms in total. The molecule has 0 aliphatic heterocycles. The summed E-state index contributed by atoms with van der Waals surface area (Å²) in [5, 5.41) is 5.61. The van der Waals surface area contributed by atoms with Gasteiger partial charge in [-0.1, -0.05) is 65.3 Å². The van der Waals surface area contributed by atoms with Gasteiger partial charge < -0.3 is 10.6 Å². The van der Waals surface area contributed by atoms with E-state index in [-0.39, 0.29) is 5.84 Å². The van der Waals surface area contributed by atoms with Gasteiger partial charge in [-0.3, -0.25) is 0 Å². The summed E-state index contributed by atoms with van der Waals surface area (Å²) in [7, 11) is 0. The fourth-order valence-electron chi connectivity index (χ4n) is 2.69. The molecule has 3 aromatic rings. The Morgan fingerprint density at radius 1 is 0.958 bits per heavy atom. The number of benzene rings is 3. The van der Waals surface area contributed by atoms with Gasteiger partial charge in [-0.15, -0.1) is 0 Å². The monoisotopic (exact) mass is 318 g/mol. The first-order valence-electron chi connectivity index (χ1n) is 7.66. The molecule has 0 atom stereocenters.